The van der Waals surface area contributed by atoms with Gasteiger partial charge in [0.25, 0.3) is 5.52 Å². The lowest BCUT2D eigenvalue weighted by atomic mass is 10.2. The molecule has 0 spiro atoms. The molecule has 0 fully saturated rings. The summed E-state index contributed by atoms with van der Waals surface area (Å²) in [5.41, 5.74) is -0.0699. The first-order chi connectivity index (χ1) is 9.97. The number of benzene rings is 2. The van der Waals surface area contributed by atoms with E-state index in [4.69, 9.17) is 0 Å². The summed E-state index contributed by atoms with van der Waals surface area (Å²) in [6.45, 7) is 0. The summed E-state index contributed by atoms with van der Waals surface area (Å²) >= 11 is 0. The van der Waals surface area contributed by atoms with Crippen molar-refractivity contribution in [2.75, 3.05) is 0 Å². The quantitative estimate of drug-likeness (QED) is 0.714. The second kappa shape index (κ2) is 6.86. The van der Waals surface area contributed by atoms with Gasteiger partial charge < -0.3 is 0 Å². The first-order valence-electron chi connectivity index (χ1n) is 6.41. The van der Waals surface area contributed by atoms with E-state index in [1.807, 2.05) is 0 Å². The van der Waals surface area contributed by atoms with Crippen LogP contribution < -0.4 is 0 Å². The van der Waals surface area contributed by atoms with Gasteiger partial charge in [0.2, 0.25) is 0 Å². The Morgan fingerprint density at radius 3 is 1.52 bits per heavy atom. The Morgan fingerprint density at radius 1 is 0.810 bits per heavy atom. The minimum Gasteiger partial charge on any atom is -0.284 e. The summed E-state index contributed by atoms with van der Waals surface area (Å²) in [6, 6.07) is 17.7. The molecule has 5 heteroatoms. The fourth-order valence-corrected chi connectivity index (χ4v) is 4.05. The van der Waals surface area contributed by atoms with Crippen molar-refractivity contribution in [2.24, 2.45) is 0 Å². The molecule has 0 unspecified atom stereocenters. The van der Waals surface area contributed by atoms with Gasteiger partial charge in [0.15, 0.2) is 0 Å². The molecule has 110 valence electrons. The van der Waals surface area contributed by atoms with Gasteiger partial charge in [-0.25, -0.2) is 0 Å². The number of rotatable bonds is 5. The molecule has 0 saturated carbocycles. The largest absolute Gasteiger partial charge is 0.454 e. The molecule has 0 heterocycles. The third-order valence-corrected chi connectivity index (χ3v) is 5.28. The molecule has 0 aliphatic carbocycles. The van der Waals surface area contributed by atoms with E-state index in [1.165, 1.54) is 0 Å². The van der Waals surface area contributed by atoms with Gasteiger partial charge in [0.1, 0.15) is 0 Å². The fourth-order valence-electron chi connectivity index (χ4n) is 1.99. The molecule has 1 nitrogen and oxygen atoms in total. The lowest BCUT2D eigenvalue weighted by Gasteiger charge is -2.18. The molecule has 0 aliphatic rings. The molecule has 0 aliphatic heterocycles. The summed E-state index contributed by atoms with van der Waals surface area (Å²) in [5, 5.41) is 0. The smallest absolute Gasteiger partial charge is 0.284 e. The molecule has 0 bridgehead atoms. The molecule has 0 atom stereocenters. The van der Waals surface area contributed by atoms with Gasteiger partial charge in [0, 0.05) is 12.3 Å². The Bertz CT molecular complexity index is 540. The molecular formula is C16H14F3OP. The summed E-state index contributed by atoms with van der Waals surface area (Å²) < 4.78 is 38.3. The van der Waals surface area contributed by atoms with Gasteiger partial charge in [-0.1, -0.05) is 60.7 Å². The number of hydrogen-bond acceptors (Lipinski definition) is 1. The number of halogens is 3. The van der Waals surface area contributed by atoms with Crippen LogP contribution in [0.1, 0.15) is 11.1 Å². The predicted molar refractivity (Wildman–Crippen MR) is 78.3 cm³/mol. The van der Waals surface area contributed by atoms with Crippen molar-refractivity contribution in [3.8, 4) is 0 Å². The standard InChI is InChI=1S/C16H14F3OP/c17-16(18,19)15(20)21(11-13-7-3-1-4-8-13)12-14-9-5-2-6-10-14/h1-10H,11-12H2. The molecule has 2 aromatic carbocycles. The molecule has 0 aromatic heterocycles. The van der Waals surface area contributed by atoms with Gasteiger partial charge in [-0.2, -0.15) is 13.2 Å². The van der Waals surface area contributed by atoms with Crippen molar-refractivity contribution in [3.63, 3.8) is 0 Å². The SMILES string of the molecule is O=C(P(Cc1ccccc1)Cc1ccccc1)C(F)(F)F. The maximum Gasteiger partial charge on any atom is 0.454 e. The molecule has 0 N–H and O–H groups in total. The van der Waals surface area contributed by atoms with E-state index in [1.54, 1.807) is 60.7 Å². The molecule has 0 amide bonds. The van der Waals surface area contributed by atoms with Gasteiger partial charge in [-0.05, 0) is 19.0 Å². The number of carbonyl (C=O) groups excluding carboxylic acids is 1. The third-order valence-electron chi connectivity index (χ3n) is 2.96. The monoisotopic (exact) mass is 310 g/mol. The lowest BCUT2D eigenvalue weighted by molar-refractivity contribution is -0.161. The topological polar surface area (TPSA) is 17.1 Å². The van der Waals surface area contributed by atoms with Crippen LogP contribution in [0.5, 0.6) is 0 Å². The molecule has 2 rings (SSSR count). The summed E-state index contributed by atoms with van der Waals surface area (Å²) in [4.78, 5) is 11.7. The molecule has 21 heavy (non-hydrogen) atoms. The van der Waals surface area contributed by atoms with Crippen LogP contribution in [0.4, 0.5) is 13.2 Å². The molecule has 0 saturated heterocycles. The first-order valence-corrected chi connectivity index (χ1v) is 8.12. The van der Waals surface area contributed by atoms with Crippen molar-refractivity contribution in [2.45, 2.75) is 18.5 Å². The van der Waals surface area contributed by atoms with Crippen LogP contribution in [0.25, 0.3) is 0 Å². The second-order valence-corrected chi connectivity index (χ2v) is 6.75. The third kappa shape index (κ3) is 4.68. The van der Waals surface area contributed by atoms with Gasteiger partial charge in [-0.15, -0.1) is 0 Å². The highest BCUT2D eigenvalue weighted by molar-refractivity contribution is 7.73. The highest BCUT2D eigenvalue weighted by Crippen LogP contribution is 2.48. The zero-order valence-electron chi connectivity index (χ0n) is 11.2. The minimum absolute atomic E-state index is 0.156. The predicted octanol–water partition coefficient (Wildman–Crippen LogP) is 4.96. The number of carbonyl (C=O) groups is 1. The van der Waals surface area contributed by atoms with E-state index in [0.717, 1.165) is 11.1 Å². The van der Waals surface area contributed by atoms with Crippen LogP contribution in [-0.4, -0.2) is 11.7 Å². The van der Waals surface area contributed by atoms with Crippen LogP contribution in [0.2, 0.25) is 0 Å². The van der Waals surface area contributed by atoms with Crippen LogP contribution in [0.3, 0.4) is 0 Å². The normalized spacial score (nSPS) is 11.6. The highest BCUT2D eigenvalue weighted by Gasteiger charge is 2.43. The zero-order chi connectivity index (χ0) is 15.3. The molecule has 0 radical (unpaired) electrons. The van der Waals surface area contributed by atoms with Crippen molar-refractivity contribution in [1.29, 1.82) is 0 Å². The van der Waals surface area contributed by atoms with Crippen molar-refractivity contribution in [3.05, 3.63) is 71.8 Å². The van der Waals surface area contributed by atoms with Crippen LogP contribution in [0, 0.1) is 0 Å². The van der Waals surface area contributed by atoms with Crippen LogP contribution in [-0.2, 0) is 17.1 Å². The lowest BCUT2D eigenvalue weighted by Crippen LogP contribution is -2.22. The Kier molecular flexibility index (Phi) is 5.13. The average Bonchev–Trinajstić information content (AvgIpc) is 2.47. The minimum atomic E-state index is -4.77. The van der Waals surface area contributed by atoms with E-state index >= 15 is 0 Å². The van der Waals surface area contributed by atoms with E-state index < -0.39 is 19.6 Å². The van der Waals surface area contributed by atoms with Crippen molar-refractivity contribution >= 4 is 13.4 Å². The van der Waals surface area contributed by atoms with Crippen LogP contribution in [0.15, 0.2) is 60.7 Å². The van der Waals surface area contributed by atoms with E-state index in [2.05, 4.69) is 0 Å². The summed E-state index contributed by atoms with van der Waals surface area (Å²) in [6.07, 6.45) is -4.46. The second-order valence-electron chi connectivity index (χ2n) is 4.63. The summed E-state index contributed by atoms with van der Waals surface area (Å²) in [5.74, 6) is 0. The van der Waals surface area contributed by atoms with E-state index in [-0.39, 0.29) is 12.3 Å². The average molecular weight is 310 g/mol. The zero-order valence-corrected chi connectivity index (χ0v) is 12.1. The highest BCUT2D eigenvalue weighted by atomic mass is 31.1. The Hall–Kier alpha value is -1.67. The van der Waals surface area contributed by atoms with E-state index in [9.17, 15) is 18.0 Å². The number of hydrogen-bond donors (Lipinski definition) is 0. The molecule has 2 aromatic rings. The Balaban J connectivity index is 2.20. The van der Waals surface area contributed by atoms with Crippen molar-refractivity contribution in [1.82, 2.24) is 0 Å². The maximum atomic E-state index is 12.8. The van der Waals surface area contributed by atoms with Gasteiger partial charge >= 0.3 is 6.18 Å². The van der Waals surface area contributed by atoms with Crippen LogP contribution >= 0.6 is 7.92 Å². The Morgan fingerprint density at radius 2 is 1.19 bits per heavy atom. The fraction of sp³-hybridized carbons (Fsp3) is 0.188. The van der Waals surface area contributed by atoms with Gasteiger partial charge in [0.05, 0.1) is 0 Å². The van der Waals surface area contributed by atoms with Crippen molar-refractivity contribution < 1.29 is 18.0 Å². The van der Waals surface area contributed by atoms with E-state index in [0.29, 0.717) is 0 Å². The first kappa shape index (κ1) is 15.7. The van der Waals surface area contributed by atoms with Gasteiger partial charge in [-0.3, -0.25) is 4.79 Å². The molecular weight excluding hydrogens is 296 g/mol. The number of alkyl halides is 3. The summed E-state index contributed by atoms with van der Waals surface area (Å²) in [7, 11) is -1.83. The maximum absolute atomic E-state index is 12.8. The Labute approximate surface area is 122 Å².